The molecule has 4 rings (SSSR count). The molecule has 1 aliphatic heterocycles. The Morgan fingerprint density at radius 2 is 2.11 bits per heavy atom. The topological polar surface area (TPSA) is 100 Å². The summed E-state index contributed by atoms with van der Waals surface area (Å²) in [5, 5.41) is 13.7. The molecule has 0 saturated carbocycles. The van der Waals surface area contributed by atoms with Gasteiger partial charge in [0, 0.05) is 11.6 Å². The molecule has 1 amide bonds. The van der Waals surface area contributed by atoms with Gasteiger partial charge >= 0.3 is 0 Å². The van der Waals surface area contributed by atoms with Gasteiger partial charge in [0.15, 0.2) is 11.5 Å². The Kier molecular flexibility index (Phi) is 5.02. The number of fused-ring (bicyclic) bond motifs is 1. The molecule has 3 aromatic rings. The summed E-state index contributed by atoms with van der Waals surface area (Å²) >= 11 is 0. The monoisotopic (exact) mass is 377 g/mol. The van der Waals surface area contributed by atoms with Crippen molar-refractivity contribution in [3.8, 4) is 34.8 Å². The van der Waals surface area contributed by atoms with Crippen molar-refractivity contribution in [3.05, 3.63) is 54.4 Å². The normalized spacial score (nSPS) is 11.4. The second-order valence-electron chi connectivity index (χ2n) is 5.64. The minimum Gasteiger partial charge on any atom is -0.481 e. The van der Waals surface area contributed by atoms with Crippen molar-refractivity contribution in [1.82, 2.24) is 25.5 Å². The van der Waals surface area contributed by atoms with Crippen LogP contribution < -0.4 is 19.5 Å². The molecule has 28 heavy (non-hydrogen) atoms. The van der Waals surface area contributed by atoms with Crippen LogP contribution in [-0.2, 0) is 0 Å². The number of carbonyl (C=O) groups excluding carboxylic acids is 1. The van der Waals surface area contributed by atoms with Gasteiger partial charge in [-0.1, -0.05) is 17.9 Å². The molecule has 1 aliphatic rings. The molecule has 0 radical (unpaired) electrons. The van der Waals surface area contributed by atoms with Crippen molar-refractivity contribution in [2.24, 2.45) is 0 Å². The highest BCUT2D eigenvalue weighted by Gasteiger charge is 2.13. The fourth-order valence-corrected chi connectivity index (χ4v) is 2.50. The molecule has 9 nitrogen and oxygen atoms in total. The number of nitrogens with one attached hydrogen (secondary N) is 1. The standard InChI is InChI=1S/C19H15N5O4/c25-19(14-4-3-5-15(10-14)24-12-21-22-23-24)20-8-1-2-9-26-16-6-7-17-18(11-16)28-13-27-17/h3-7,10-12H,8-9,13H2,(H,20,25). The van der Waals surface area contributed by atoms with Crippen molar-refractivity contribution in [3.63, 3.8) is 0 Å². The van der Waals surface area contributed by atoms with Gasteiger partial charge in [-0.15, -0.1) is 5.10 Å². The third-order valence-corrected chi connectivity index (χ3v) is 3.84. The maximum Gasteiger partial charge on any atom is 0.252 e. The second kappa shape index (κ2) is 8.09. The van der Waals surface area contributed by atoms with E-state index in [1.807, 2.05) is 0 Å². The minimum absolute atomic E-state index is 0.199. The van der Waals surface area contributed by atoms with E-state index in [-0.39, 0.29) is 25.9 Å². The van der Waals surface area contributed by atoms with Gasteiger partial charge in [0.1, 0.15) is 18.7 Å². The maximum absolute atomic E-state index is 12.2. The highest BCUT2D eigenvalue weighted by Crippen LogP contribution is 2.34. The van der Waals surface area contributed by atoms with E-state index < -0.39 is 0 Å². The van der Waals surface area contributed by atoms with Crippen LogP contribution in [-0.4, -0.2) is 46.1 Å². The van der Waals surface area contributed by atoms with Crippen molar-refractivity contribution in [2.45, 2.75) is 0 Å². The molecule has 0 aliphatic carbocycles. The Hall–Kier alpha value is -4.06. The number of amides is 1. The van der Waals surface area contributed by atoms with Gasteiger partial charge in [-0.05, 0) is 40.8 Å². The summed E-state index contributed by atoms with van der Waals surface area (Å²) in [6, 6.07) is 12.3. The van der Waals surface area contributed by atoms with Crippen LogP contribution in [0, 0.1) is 11.8 Å². The molecule has 0 unspecified atom stereocenters. The third kappa shape index (κ3) is 4.02. The summed E-state index contributed by atoms with van der Waals surface area (Å²) < 4.78 is 17.5. The van der Waals surface area contributed by atoms with Crippen LogP contribution in [0.5, 0.6) is 17.2 Å². The van der Waals surface area contributed by atoms with Crippen molar-refractivity contribution in [1.29, 1.82) is 0 Å². The Morgan fingerprint density at radius 1 is 1.18 bits per heavy atom. The van der Waals surface area contributed by atoms with Crippen LogP contribution in [0.15, 0.2) is 48.8 Å². The van der Waals surface area contributed by atoms with Crippen LogP contribution in [0.2, 0.25) is 0 Å². The highest BCUT2D eigenvalue weighted by molar-refractivity contribution is 5.94. The van der Waals surface area contributed by atoms with E-state index in [0.717, 1.165) is 0 Å². The summed E-state index contributed by atoms with van der Waals surface area (Å²) in [5.41, 5.74) is 1.19. The molecule has 1 N–H and O–H groups in total. The van der Waals surface area contributed by atoms with E-state index in [1.54, 1.807) is 42.5 Å². The number of ether oxygens (including phenoxy) is 3. The molecule has 0 spiro atoms. The fraction of sp³-hybridized carbons (Fsp3) is 0.158. The van der Waals surface area contributed by atoms with Gasteiger partial charge in [0.05, 0.1) is 12.2 Å². The predicted octanol–water partition coefficient (Wildman–Crippen LogP) is 1.20. The van der Waals surface area contributed by atoms with E-state index in [1.165, 1.54) is 11.0 Å². The first-order valence-corrected chi connectivity index (χ1v) is 8.39. The molecule has 0 bridgehead atoms. The van der Waals surface area contributed by atoms with Crippen LogP contribution in [0.3, 0.4) is 0 Å². The summed E-state index contributed by atoms with van der Waals surface area (Å²) in [7, 11) is 0. The Bertz CT molecular complexity index is 1040. The lowest BCUT2D eigenvalue weighted by atomic mass is 10.2. The first-order valence-electron chi connectivity index (χ1n) is 8.39. The van der Waals surface area contributed by atoms with Gasteiger partial charge in [-0.25, -0.2) is 4.68 Å². The Morgan fingerprint density at radius 3 is 3.00 bits per heavy atom. The van der Waals surface area contributed by atoms with Crippen LogP contribution in [0.1, 0.15) is 10.4 Å². The van der Waals surface area contributed by atoms with Gasteiger partial charge in [-0.2, -0.15) is 0 Å². The van der Waals surface area contributed by atoms with Crippen molar-refractivity contribution in [2.75, 3.05) is 19.9 Å². The zero-order valence-corrected chi connectivity index (χ0v) is 14.7. The molecule has 9 heteroatoms. The molecule has 1 aromatic heterocycles. The Labute approximate surface area is 160 Å². The number of benzene rings is 2. The molecule has 0 fully saturated rings. The van der Waals surface area contributed by atoms with E-state index in [4.69, 9.17) is 14.2 Å². The van der Waals surface area contributed by atoms with Gasteiger partial charge in [0.25, 0.3) is 5.91 Å². The van der Waals surface area contributed by atoms with Gasteiger partial charge < -0.3 is 19.5 Å². The molecule has 140 valence electrons. The smallest absolute Gasteiger partial charge is 0.252 e. The van der Waals surface area contributed by atoms with Crippen molar-refractivity contribution < 1.29 is 19.0 Å². The predicted molar refractivity (Wildman–Crippen MR) is 97.3 cm³/mol. The molecule has 2 heterocycles. The summed E-state index contributed by atoms with van der Waals surface area (Å²) in [6.07, 6.45) is 1.46. The zero-order valence-electron chi connectivity index (χ0n) is 14.7. The van der Waals surface area contributed by atoms with Crippen molar-refractivity contribution >= 4 is 5.91 Å². The van der Waals surface area contributed by atoms with E-state index in [0.29, 0.717) is 28.5 Å². The fourth-order valence-electron chi connectivity index (χ4n) is 2.50. The average Bonchev–Trinajstić information content (AvgIpc) is 3.42. The number of hydrogen-bond donors (Lipinski definition) is 1. The molecular weight excluding hydrogens is 362 g/mol. The number of rotatable bonds is 5. The summed E-state index contributed by atoms with van der Waals surface area (Å²) in [5.74, 6) is 7.46. The number of hydrogen-bond acceptors (Lipinski definition) is 7. The van der Waals surface area contributed by atoms with E-state index in [2.05, 4.69) is 32.7 Å². The second-order valence-corrected chi connectivity index (χ2v) is 5.64. The summed E-state index contributed by atoms with van der Waals surface area (Å²) in [6.45, 7) is 0.625. The van der Waals surface area contributed by atoms with Crippen LogP contribution in [0.25, 0.3) is 5.69 Å². The molecular formula is C19H15N5O4. The largest absolute Gasteiger partial charge is 0.481 e. The van der Waals surface area contributed by atoms with Gasteiger partial charge in [-0.3, -0.25) is 4.79 Å². The maximum atomic E-state index is 12.2. The van der Waals surface area contributed by atoms with E-state index >= 15 is 0 Å². The number of carbonyl (C=O) groups is 1. The minimum atomic E-state index is -0.235. The number of nitrogens with zero attached hydrogens (tertiary/aromatic N) is 4. The molecule has 0 saturated heterocycles. The van der Waals surface area contributed by atoms with Crippen LogP contribution >= 0.6 is 0 Å². The van der Waals surface area contributed by atoms with E-state index in [9.17, 15) is 4.79 Å². The number of tetrazole rings is 1. The molecule has 2 aromatic carbocycles. The lowest BCUT2D eigenvalue weighted by Gasteiger charge is -2.04. The molecule has 0 atom stereocenters. The zero-order chi connectivity index (χ0) is 19.2. The quantitative estimate of drug-likeness (QED) is 0.667. The highest BCUT2D eigenvalue weighted by atomic mass is 16.7. The average molecular weight is 377 g/mol. The van der Waals surface area contributed by atoms with Gasteiger partial charge in [0.2, 0.25) is 6.79 Å². The lowest BCUT2D eigenvalue weighted by molar-refractivity contribution is 0.0958. The summed E-state index contributed by atoms with van der Waals surface area (Å²) in [4.78, 5) is 12.2. The first-order chi connectivity index (χ1) is 13.8. The third-order valence-electron chi connectivity index (χ3n) is 3.84. The first kappa shape index (κ1) is 17.4. The number of aromatic nitrogens is 4. The Balaban J connectivity index is 1.25. The lowest BCUT2D eigenvalue weighted by Crippen LogP contribution is -2.23. The van der Waals surface area contributed by atoms with Crippen LogP contribution in [0.4, 0.5) is 0 Å². The SMILES string of the molecule is O=C(NCC#CCOc1ccc2c(c1)OCO2)c1cccc(-n2cnnn2)c1.